The number of halogens is 1. The molecule has 0 amide bonds. The van der Waals surface area contributed by atoms with E-state index in [2.05, 4.69) is 39.9 Å². The molecule has 6 nitrogen and oxygen atoms in total. The van der Waals surface area contributed by atoms with Gasteiger partial charge in [0.25, 0.3) is 0 Å². The Morgan fingerprint density at radius 1 is 1.00 bits per heavy atom. The molecule has 0 radical (unpaired) electrons. The SMILES string of the molecule is CN=C(NCCCOC1CCCCC1)NCc1cccc(COC2CCOCC2)c1.I. The second-order valence-corrected chi connectivity index (χ2v) is 8.28. The molecule has 2 N–H and O–H groups in total. The van der Waals surface area contributed by atoms with Crippen LogP contribution in [0, 0.1) is 0 Å². The van der Waals surface area contributed by atoms with E-state index < -0.39 is 0 Å². The fraction of sp³-hybridized carbons (Fsp3) is 0.708. The third-order valence-electron chi connectivity index (χ3n) is 5.85. The Labute approximate surface area is 204 Å². The van der Waals surface area contributed by atoms with Crippen LogP contribution in [-0.4, -0.2) is 51.6 Å². The Morgan fingerprint density at radius 2 is 1.74 bits per heavy atom. The zero-order valence-electron chi connectivity index (χ0n) is 18.9. The number of hydrogen-bond donors (Lipinski definition) is 2. The van der Waals surface area contributed by atoms with Gasteiger partial charge in [-0.3, -0.25) is 4.99 Å². The lowest BCUT2D eigenvalue weighted by Gasteiger charge is -2.22. The molecule has 1 aromatic carbocycles. The molecule has 176 valence electrons. The minimum Gasteiger partial charge on any atom is -0.381 e. The van der Waals surface area contributed by atoms with Crippen molar-refractivity contribution in [3.8, 4) is 0 Å². The molecule has 2 aliphatic rings. The molecule has 1 aliphatic carbocycles. The van der Waals surface area contributed by atoms with Gasteiger partial charge in [0, 0.05) is 40.0 Å². The Hall–Kier alpha value is -0.900. The van der Waals surface area contributed by atoms with Crippen LogP contribution in [-0.2, 0) is 27.4 Å². The minimum absolute atomic E-state index is 0. The van der Waals surface area contributed by atoms with E-state index in [9.17, 15) is 0 Å². The number of ether oxygens (including phenoxy) is 3. The minimum atomic E-state index is 0. The summed E-state index contributed by atoms with van der Waals surface area (Å²) in [6, 6.07) is 8.56. The van der Waals surface area contributed by atoms with Crippen molar-refractivity contribution >= 4 is 29.9 Å². The molecule has 0 atom stereocenters. The summed E-state index contributed by atoms with van der Waals surface area (Å²) in [6.45, 7) is 4.71. The van der Waals surface area contributed by atoms with Gasteiger partial charge >= 0.3 is 0 Å². The van der Waals surface area contributed by atoms with Gasteiger partial charge in [0.05, 0.1) is 18.8 Å². The number of aliphatic imine (C=N–C) groups is 1. The van der Waals surface area contributed by atoms with Crippen LogP contribution in [0.5, 0.6) is 0 Å². The highest BCUT2D eigenvalue weighted by Crippen LogP contribution is 2.20. The van der Waals surface area contributed by atoms with Crippen LogP contribution < -0.4 is 10.6 Å². The Balaban J connectivity index is 0.00000341. The quantitative estimate of drug-likeness (QED) is 0.198. The van der Waals surface area contributed by atoms with E-state index in [-0.39, 0.29) is 24.0 Å². The van der Waals surface area contributed by atoms with Crippen molar-refractivity contribution in [2.75, 3.05) is 33.4 Å². The zero-order valence-corrected chi connectivity index (χ0v) is 21.3. The molecule has 0 bridgehead atoms. The van der Waals surface area contributed by atoms with Crippen molar-refractivity contribution in [3.63, 3.8) is 0 Å². The lowest BCUT2D eigenvalue weighted by molar-refractivity contribution is -0.0390. The van der Waals surface area contributed by atoms with Crippen molar-refractivity contribution in [3.05, 3.63) is 35.4 Å². The molecule has 1 aromatic rings. The van der Waals surface area contributed by atoms with Crippen LogP contribution in [0.25, 0.3) is 0 Å². The summed E-state index contributed by atoms with van der Waals surface area (Å²) in [5, 5.41) is 6.78. The van der Waals surface area contributed by atoms with Gasteiger partial charge in [-0.2, -0.15) is 0 Å². The Bertz CT molecular complexity index is 632. The maximum atomic E-state index is 6.04. The van der Waals surface area contributed by atoms with Crippen molar-refractivity contribution in [1.29, 1.82) is 0 Å². The van der Waals surface area contributed by atoms with Gasteiger partial charge in [-0.05, 0) is 43.2 Å². The average Bonchev–Trinajstić information content (AvgIpc) is 2.81. The molecule has 0 spiro atoms. The summed E-state index contributed by atoms with van der Waals surface area (Å²) >= 11 is 0. The molecule has 3 rings (SSSR count). The maximum Gasteiger partial charge on any atom is 0.191 e. The van der Waals surface area contributed by atoms with Crippen LogP contribution in [0.2, 0.25) is 0 Å². The molecule has 7 heteroatoms. The summed E-state index contributed by atoms with van der Waals surface area (Å²) < 4.78 is 17.4. The molecular formula is C24H40IN3O3. The summed E-state index contributed by atoms with van der Waals surface area (Å²) in [4.78, 5) is 4.33. The number of guanidine groups is 1. The predicted octanol–water partition coefficient (Wildman–Crippen LogP) is 4.40. The molecule has 0 unspecified atom stereocenters. The first kappa shape index (κ1) is 26.4. The Morgan fingerprint density at radius 3 is 2.52 bits per heavy atom. The van der Waals surface area contributed by atoms with Gasteiger partial charge in [-0.1, -0.05) is 43.5 Å². The highest BCUT2D eigenvalue weighted by Gasteiger charge is 2.14. The maximum absolute atomic E-state index is 6.04. The van der Waals surface area contributed by atoms with Crippen LogP contribution in [0.3, 0.4) is 0 Å². The molecule has 2 fully saturated rings. The first-order chi connectivity index (χ1) is 14.8. The summed E-state index contributed by atoms with van der Waals surface area (Å²) in [5.41, 5.74) is 2.44. The molecule has 1 aliphatic heterocycles. The van der Waals surface area contributed by atoms with Crippen LogP contribution in [0.1, 0.15) is 62.5 Å². The standard InChI is InChI=1S/C24H39N3O3.HI/c1-25-24(26-13-6-14-29-22-9-3-2-4-10-22)27-18-20-7-5-8-21(17-20)19-30-23-11-15-28-16-12-23;/h5,7-8,17,22-23H,2-4,6,9-16,18-19H2,1H3,(H2,25,26,27);1H. The lowest BCUT2D eigenvalue weighted by Crippen LogP contribution is -2.37. The molecule has 1 saturated carbocycles. The zero-order chi connectivity index (χ0) is 20.9. The molecule has 1 heterocycles. The van der Waals surface area contributed by atoms with E-state index in [1.807, 2.05) is 7.05 Å². The second-order valence-electron chi connectivity index (χ2n) is 8.28. The van der Waals surface area contributed by atoms with Crippen molar-refractivity contribution in [2.45, 2.75) is 76.7 Å². The number of rotatable bonds is 10. The van der Waals surface area contributed by atoms with Gasteiger partial charge in [0.15, 0.2) is 5.96 Å². The highest BCUT2D eigenvalue weighted by molar-refractivity contribution is 14.0. The van der Waals surface area contributed by atoms with Gasteiger partial charge in [0.1, 0.15) is 0 Å². The van der Waals surface area contributed by atoms with Crippen LogP contribution in [0.4, 0.5) is 0 Å². The van der Waals surface area contributed by atoms with Crippen LogP contribution in [0.15, 0.2) is 29.3 Å². The first-order valence-corrected chi connectivity index (χ1v) is 11.7. The lowest BCUT2D eigenvalue weighted by atomic mass is 9.98. The number of hydrogen-bond acceptors (Lipinski definition) is 4. The third-order valence-corrected chi connectivity index (χ3v) is 5.85. The molecule has 0 aromatic heterocycles. The van der Waals surface area contributed by atoms with Gasteiger partial charge < -0.3 is 24.8 Å². The Kier molecular flexibility index (Phi) is 13.5. The largest absolute Gasteiger partial charge is 0.381 e. The van der Waals surface area contributed by atoms with Crippen molar-refractivity contribution < 1.29 is 14.2 Å². The summed E-state index contributed by atoms with van der Waals surface area (Å²) in [6.07, 6.45) is 10.3. The topological polar surface area (TPSA) is 64.1 Å². The first-order valence-electron chi connectivity index (χ1n) is 11.7. The number of nitrogens with one attached hydrogen (secondary N) is 2. The van der Waals surface area contributed by atoms with E-state index >= 15 is 0 Å². The summed E-state index contributed by atoms with van der Waals surface area (Å²) in [7, 11) is 1.81. The van der Waals surface area contributed by atoms with E-state index in [1.54, 1.807) is 0 Å². The summed E-state index contributed by atoms with van der Waals surface area (Å²) in [5.74, 6) is 0.830. The van der Waals surface area contributed by atoms with Crippen molar-refractivity contribution in [1.82, 2.24) is 10.6 Å². The fourth-order valence-electron chi connectivity index (χ4n) is 4.05. The normalized spacial score (nSPS) is 18.4. The third kappa shape index (κ3) is 10.5. The van der Waals surface area contributed by atoms with Gasteiger partial charge in [-0.25, -0.2) is 0 Å². The van der Waals surface area contributed by atoms with E-state index in [0.717, 1.165) is 58.1 Å². The number of nitrogens with zero attached hydrogens (tertiary/aromatic N) is 1. The monoisotopic (exact) mass is 545 g/mol. The average molecular weight is 546 g/mol. The van der Waals surface area contributed by atoms with Gasteiger partial charge in [-0.15, -0.1) is 24.0 Å². The van der Waals surface area contributed by atoms with E-state index in [1.165, 1.54) is 43.2 Å². The smallest absolute Gasteiger partial charge is 0.191 e. The van der Waals surface area contributed by atoms with Gasteiger partial charge in [0.2, 0.25) is 0 Å². The molecule has 1 saturated heterocycles. The molecule has 31 heavy (non-hydrogen) atoms. The van der Waals surface area contributed by atoms with E-state index in [4.69, 9.17) is 14.2 Å². The highest BCUT2D eigenvalue weighted by atomic mass is 127. The number of benzene rings is 1. The van der Waals surface area contributed by atoms with Crippen LogP contribution >= 0.6 is 24.0 Å². The van der Waals surface area contributed by atoms with E-state index in [0.29, 0.717) is 18.8 Å². The fourth-order valence-corrected chi connectivity index (χ4v) is 4.05. The molecular weight excluding hydrogens is 505 g/mol. The predicted molar refractivity (Wildman–Crippen MR) is 136 cm³/mol. The van der Waals surface area contributed by atoms with Crippen molar-refractivity contribution in [2.24, 2.45) is 4.99 Å². The second kappa shape index (κ2) is 15.8.